The molecule has 2 aromatic rings. The van der Waals surface area contributed by atoms with Crippen LogP contribution < -0.4 is 26.3 Å². The lowest BCUT2D eigenvalue weighted by atomic mass is 10.1. The summed E-state index contributed by atoms with van der Waals surface area (Å²) < 4.78 is 10.7. The van der Waals surface area contributed by atoms with Crippen molar-refractivity contribution in [1.29, 1.82) is 0 Å². The molecule has 0 saturated heterocycles. The Morgan fingerprint density at radius 2 is 2.08 bits per heavy atom. The van der Waals surface area contributed by atoms with E-state index in [4.69, 9.17) is 20.9 Å². The van der Waals surface area contributed by atoms with Crippen molar-refractivity contribution in [3.05, 3.63) is 18.3 Å². The molecule has 0 aliphatic heterocycles. The van der Waals surface area contributed by atoms with Gasteiger partial charge >= 0.3 is 5.97 Å². The van der Waals surface area contributed by atoms with E-state index < -0.39 is 17.9 Å². The number of nitrogens with one attached hydrogen (secondary N) is 1. The number of carbonyl (C=O) groups is 2. The van der Waals surface area contributed by atoms with Gasteiger partial charge in [-0.2, -0.15) is 0 Å². The molecule has 1 heterocycles. The van der Waals surface area contributed by atoms with E-state index in [1.807, 2.05) is 0 Å². The molecule has 0 aliphatic rings. The van der Waals surface area contributed by atoms with Gasteiger partial charge in [0.1, 0.15) is 11.9 Å². The summed E-state index contributed by atoms with van der Waals surface area (Å²) in [5.74, 6) is -0.678. The van der Waals surface area contributed by atoms with Gasteiger partial charge in [0, 0.05) is 29.8 Å². The molecule has 1 unspecified atom stereocenters. The SMILES string of the molecule is COc1cc(N)c2ccnc(NC(CCC(N)=O)C(=O)O)c2c1OC. The smallest absolute Gasteiger partial charge is 0.326 e. The molecule has 9 nitrogen and oxygen atoms in total. The zero-order valence-corrected chi connectivity index (χ0v) is 13.9. The summed E-state index contributed by atoms with van der Waals surface area (Å²) in [5, 5.41) is 13.3. The van der Waals surface area contributed by atoms with E-state index in [0.717, 1.165) is 0 Å². The molecule has 6 N–H and O–H groups in total. The Bertz CT molecular complexity index is 809. The average Bonchev–Trinajstić information content (AvgIpc) is 2.58. The minimum Gasteiger partial charge on any atom is -0.493 e. The van der Waals surface area contributed by atoms with Gasteiger partial charge in [0.05, 0.1) is 19.6 Å². The van der Waals surface area contributed by atoms with Crippen LogP contribution in [0.4, 0.5) is 11.5 Å². The second-order valence-corrected chi connectivity index (χ2v) is 5.32. The first-order chi connectivity index (χ1) is 11.9. The molecule has 9 heteroatoms. The number of hydrogen-bond acceptors (Lipinski definition) is 7. The van der Waals surface area contributed by atoms with Crippen molar-refractivity contribution in [2.45, 2.75) is 18.9 Å². The molecular weight excluding hydrogens is 328 g/mol. The van der Waals surface area contributed by atoms with Crippen LogP contribution in [0.1, 0.15) is 12.8 Å². The van der Waals surface area contributed by atoms with E-state index in [2.05, 4.69) is 10.3 Å². The lowest BCUT2D eigenvalue weighted by molar-refractivity contribution is -0.138. The number of amides is 1. The number of nitrogen functional groups attached to an aromatic ring is 1. The van der Waals surface area contributed by atoms with Crippen molar-refractivity contribution in [1.82, 2.24) is 4.98 Å². The summed E-state index contributed by atoms with van der Waals surface area (Å²) in [7, 11) is 2.94. The van der Waals surface area contributed by atoms with Gasteiger partial charge in [-0.25, -0.2) is 9.78 Å². The number of pyridine rings is 1. The summed E-state index contributed by atoms with van der Waals surface area (Å²) in [6.45, 7) is 0. The molecule has 1 amide bonds. The first-order valence-corrected chi connectivity index (χ1v) is 7.45. The Balaban J connectivity index is 2.54. The van der Waals surface area contributed by atoms with Crippen LogP contribution in [0.25, 0.3) is 10.8 Å². The molecular formula is C16H20N4O5. The van der Waals surface area contributed by atoms with Crippen LogP contribution in [0.3, 0.4) is 0 Å². The van der Waals surface area contributed by atoms with Crippen LogP contribution in [0, 0.1) is 0 Å². The maximum Gasteiger partial charge on any atom is 0.326 e. The number of aliphatic carboxylic acids is 1. The Hall–Kier alpha value is -3.23. The van der Waals surface area contributed by atoms with E-state index in [-0.39, 0.29) is 18.7 Å². The van der Waals surface area contributed by atoms with Gasteiger partial charge in [-0.15, -0.1) is 0 Å². The summed E-state index contributed by atoms with van der Waals surface area (Å²) in [6.07, 6.45) is 1.45. The van der Waals surface area contributed by atoms with E-state index >= 15 is 0 Å². The normalized spacial score (nSPS) is 11.8. The monoisotopic (exact) mass is 348 g/mol. The number of primary amides is 1. The Morgan fingerprint density at radius 3 is 2.64 bits per heavy atom. The highest BCUT2D eigenvalue weighted by atomic mass is 16.5. The average molecular weight is 348 g/mol. The number of methoxy groups -OCH3 is 2. The van der Waals surface area contributed by atoms with Gasteiger partial charge in [-0.05, 0) is 12.5 Å². The number of carbonyl (C=O) groups excluding carboxylic acids is 1. The van der Waals surface area contributed by atoms with E-state index in [0.29, 0.717) is 28.0 Å². The lowest BCUT2D eigenvalue weighted by Crippen LogP contribution is -2.31. The number of benzene rings is 1. The second-order valence-electron chi connectivity index (χ2n) is 5.32. The van der Waals surface area contributed by atoms with Crippen LogP contribution in [-0.4, -0.2) is 42.2 Å². The number of carboxylic acid groups (broad SMARTS) is 1. The fourth-order valence-corrected chi connectivity index (χ4v) is 2.51. The number of anilines is 2. The van der Waals surface area contributed by atoms with Gasteiger partial charge < -0.3 is 31.4 Å². The first kappa shape index (κ1) is 18.1. The number of ether oxygens (including phenoxy) is 2. The summed E-state index contributed by atoms with van der Waals surface area (Å²) in [5.41, 5.74) is 11.6. The molecule has 0 fully saturated rings. The van der Waals surface area contributed by atoms with E-state index in [9.17, 15) is 14.7 Å². The molecule has 134 valence electrons. The molecule has 1 atom stereocenters. The molecule has 0 bridgehead atoms. The van der Waals surface area contributed by atoms with Crippen LogP contribution in [0.5, 0.6) is 11.5 Å². The summed E-state index contributed by atoms with van der Waals surface area (Å²) in [4.78, 5) is 26.6. The Morgan fingerprint density at radius 1 is 1.36 bits per heavy atom. The van der Waals surface area contributed by atoms with Gasteiger partial charge in [-0.1, -0.05) is 0 Å². The minimum absolute atomic E-state index is 0.0184. The molecule has 0 aliphatic carbocycles. The fraction of sp³-hybridized carbons (Fsp3) is 0.312. The zero-order chi connectivity index (χ0) is 18.6. The minimum atomic E-state index is -1.13. The molecule has 0 radical (unpaired) electrons. The predicted octanol–water partition coefficient (Wildman–Crippen LogP) is 0.965. The maximum absolute atomic E-state index is 11.5. The molecule has 25 heavy (non-hydrogen) atoms. The number of carboxylic acids is 1. The topological polar surface area (TPSA) is 150 Å². The molecule has 1 aromatic carbocycles. The molecule has 0 saturated carbocycles. The second kappa shape index (κ2) is 7.56. The zero-order valence-electron chi connectivity index (χ0n) is 13.9. The quantitative estimate of drug-likeness (QED) is 0.515. The van der Waals surface area contributed by atoms with Gasteiger partial charge in [0.2, 0.25) is 5.91 Å². The number of hydrogen-bond donors (Lipinski definition) is 4. The van der Waals surface area contributed by atoms with Crippen LogP contribution in [0.2, 0.25) is 0 Å². The number of nitrogens with zero attached hydrogens (tertiary/aromatic N) is 1. The first-order valence-electron chi connectivity index (χ1n) is 7.45. The lowest BCUT2D eigenvalue weighted by Gasteiger charge is -2.19. The molecule has 0 spiro atoms. The Kier molecular flexibility index (Phi) is 5.48. The molecule has 1 aromatic heterocycles. The fourth-order valence-electron chi connectivity index (χ4n) is 2.51. The van der Waals surface area contributed by atoms with Crippen molar-refractivity contribution in [3.63, 3.8) is 0 Å². The molecule has 2 rings (SSSR count). The third kappa shape index (κ3) is 3.82. The third-order valence-electron chi connectivity index (χ3n) is 3.71. The van der Waals surface area contributed by atoms with Crippen molar-refractivity contribution < 1.29 is 24.2 Å². The standard InChI is InChI=1S/C16H20N4O5/c1-24-11-7-9(17)8-5-6-19-15(13(8)14(11)25-2)20-10(16(22)23)3-4-12(18)21/h5-7,10H,3-4,17H2,1-2H3,(H2,18,21)(H,19,20)(H,22,23). The van der Waals surface area contributed by atoms with Crippen LogP contribution in [0.15, 0.2) is 18.3 Å². The van der Waals surface area contributed by atoms with Crippen molar-refractivity contribution in [2.24, 2.45) is 5.73 Å². The predicted molar refractivity (Wildman–Crippen MR) is 92.7 cm³/mol. The summed E-state index contributed by atoms with van der Waals surface area (Å²) >= 11 is 0. The van der Waals surface area contributed by atoms with E-state index in [1.165, 1.54) is 20.4 Å². The highest BCUT2D eigenvalue weighted by Gasteiger charge is 2.22. The van der Waals surface area contributed by atoms with Crippen molar-refractivity contribution in [3.8, 4) is 11.5 Å². The number of fused-ring (bicyclic) bond motifs is 1. The van der Waals surface area contributed by atoms with Crippen LogP contribution >= 0.6 is 0 Å². The number of nitrogens with two attached hydrogens (primary N) is 2. The number of rotatable bonds is 8. The Labute approximate surface area is 143 Å². The summed E-state index contributed by atoms with van der Waals surface area (Å²) in [6, 6.07) is 2.26. The van der Waals surface area contributed by atoms with E-state index in [1.54, 1.807) is 12.1 Å². The number of aromatic nitrogens is 1. The van der Waals surface area contributed by atoms with Gasteiger partial charge in [0.25, 0.3) is 0 Å². The van der Waals surface area contributed by atoms with Crippen molar-refractivity contribution in [2.75, 3.05) is 25.3 Å². The van der Waals surface area contributed by atoms with Gasteiger partial charge in [0.15, 0.2) is 11.5 Å². The maximum atomic E-state index is 11.5. The van der Waals surface area contributed by atoms with Crippen LogP contribution in [-0.2, 0) is 9.59 Å². The van der Waals surface area contributed by atoms with Gasteiger partial charge in [-0.3, -0.25) is 4.79 Å². The highest BCUT2D eigenvalue weighted by Crippen LogP contribution is 2.42. The largest absolute Gasteiger partial charge is 0.493 e. The highest BCUT2D eigenvalue weighted by molar-refractivity contribution is 6.05. The third-order valence-corrected chi connectivity index (χ3v) is 3.71. The van der Waals surface area contributed by atoms with Crippen molar-refractivity contribution >= 4 is 34.2 Å².